The van der Waals surface area contributed by atoms with E-state index < -0.39 is 17.9 Å². The molecule has 0 spiro atoms. The van der Waals surface area contributed by atoms with Gasteiger partial charge < -0.3 is 19.3 Å². The van der Waals surface area contributed by atoms with E-state index in [1.165, 1.54) is 32.3 Å². The second-order valence-corrected chi connectivity index (χ2v) is 6.52. The Morgan fingerprint density at radius 1 is 1.07 bits per heavy atom. The maximum atomic E-state index is 13.0. The molecule has 0 radical (unpaired) electrons. The van der Waals surface area contributed by atoms with E-state index in [4.69, 9.17) is 14.2 Å². The predicted molar refractivity (Wildman–Crippen MR) is 109 cm³/mol. The average Bonchev–Trinajstić information content (AvgIpc) is 2.75. The summed E-state index contributed by atoms with van der Waals surface area (Å²) in [7, 11) is 4.54. The zero-order valence-corrected chi connectivity index (χ0v) is 16.5. The fourth-order valence-corrected chi connectivity index (χ4v) is 3.50. The van der Waals surface area contributed by atoms with E-state index in [-0.39, 0.29) is 0 Å². The standard InChI is InChI=1S/C22H23NO6/c1-27-18-12-14(13-19(28-2)21(18)29-3)8-11-20(24)23-16-7-5-4-6-15(16)9-10-17(23)22(25)26/h4-8,11-13,17H,9-10H2,1-3H3,(H,25,26). The fourth-order valence-electron chi connectivity index (χ4n) is 3.50. The van der Waals surface area contributed by atoms with Gasteiger partial charge in [-0.2, -0.15) is 0 Å². The molecule has 0 saturated carbocycles. The number of carboxylic acids is 1. The molecule has 7 nitrogen and oxygen atoms in total. The molecule has 1 aliphatic rings. The van der Waals surface area contributed by atoms with Gasteiger partial charge in [0.05, 0.1) is 21.3 Å². The molecule has 3 rings (SSSR count). The Bertz CT molecular complexity index is 927. The number of aliphatic carboxylic acids is 1. The molecule has 1 N–H and O–H groups in total. The van der Waals surface area contributed by atoms with Crippen LogP contribution in [0.4, 0.5) is 5.69 Å². The van der Waals surface area contributed by atoms with Gasteiger partial charge in [0.1, 0.15) is 6.04 Å². The highest BCUT2D eigenvalue weighted by molar-refractivity contribution is 6.08. The molecule has 0 aliphatic carbocycles. The molecule has 152 valence electrons. The number of benzene rings is 2. The van der Waals surface area contributed by atoms with Gasteiger partial charge in [0, 0.05) is 11.8 Å². The van der Waals surface area contributed by atoms with Crippen LogP contribution >= 0.6 is 0 Å². The van der Waals surface area contributed by atoms with E-state index in [0.29, 0.717) is 41.3 Å². The number of fused-ring (bicyclic) bond motifs is 1. The van der Waals surface area contributed by atoms with Crippen molar-refractivity contribution in [3.05, 3.63) is 53.6 Å². The van der Waals surface area contributed by atoms with Crippen molar-refractivity contribution in [2.45, 2.75) is 18.9 Å². The van der Waals surface area contributed by atoms with Crippen molar-refractivity contribution in [1.29, 1.82) is 0 Å². The number of aryl methyl sites for hydroxylation is 1. The van der Waals surface area contributed by atoms with E-state index in [9.17, 15) is 14.7 Å². The molecule has 0 aromatic heterocycles. The first-order valence-electron chi connectivity index (χ1n) is 9.12. The zero-order valence-electron chi connectivity index (χ0n) is 16.5. The maximum Gasteiger partial charge on any atom is 0.326 e. The number of hydrogen-bond donors (Lipinski definition) is 1. The predicted octanol–water partition coefficient (Wildman–Crippen LogP) is 3.16. The minimum atomic E-state index is -1.02. The summed E-state index contributed by atoms with van der Waals surface area (Å²) in [6.07, 6.45) is 3.95. The van der Waals surface area contributed by atoms with Gasteiger partial charge in [0.15, 0.2) is 11.5 Å². The lowest BCUT2D eigenvalue weighted by Gasteiger charge is -2.34. The van der Waals surface area contributed by atoms with Crippen molar-refractivity contribution in [3.63, 3.8) is 0 Å². The molecule has 1 heterocycles. The van der Waals surface area contributed by atoms with Crippen molar-refractivity contribution in [2.75, 3.05) is 26.2 Å². The van der Waals surface area contributed by atoms with Gasteiger partial charge in [-0.25, -0.2) is 4.79 Å². The second-order valence-electron chi connectivity index (χ2n) is 6.52. The number of carbonyl (C=O) groups excluding carboxylic acids is 1. The monoisotopic (exact) mass is 397 g/mol. The van der Waals surface area contributed by atoms with Gasteiger partial charge in [0.25, 0.3) is 5.91 Å². The Labute approximate surface area is 169 Å². The highest BCUT2D eigenvalue weighted by atomic mass is 16.5. The molecule has 1 unspecified atom stereocenters. The van der Waals surface area contributed by atoms with Crippen LogP contribution in [0, 0.1) is 0 Å². The number of carboxylic acid groups (broad SMARTS) is 1. The first-order valence-corrected chi connectivity index (χ1v) is 9.12. The topological polar surface area (TPSA) is 85.3 Å². The molecule has 7 heteroatoms. The molecule has 1 aliphatic heterocycles. The summed E-state index contributed by atoms with van der Waals surface area (Å²) < 4.78 is 16.0. The minimum absolute atomic E-state index is 0.371. The normalized spacial score (nSPS) is 15.7. The third-order valence-corrected chi connectivity index (χ3v) is 4.88. The Hall–Kier alpha value is -3.48. The lowest BCUT2D eigenvalue weighted by Crippen LogP contribution is -2.47. The van der Waals surface area contributed by atoms with Crippen LogP contribution in [-0.4, -0.2) is 44.4 Å². The zero-order chi connectivity index (χ0) is 21.0. The van der Waals surface area contributed by atoms with E-state index in [0.717, 1.165) is 5.56 Å². The molecule has 1 amide bonds. The number of carbonyl (C=O) groups is 2. The van der Waals surface area contributed by atoms with Crippen LogP contribution < -0.4 is 19.1 Å². The molecule has 1 atom stereocenters. The summed E-state index contributed by atoms with van der Waals surface area (Å²) >= 11 is 0. The van der Waals surface area contributed by atoms with Crippen LogP contribution in [0.2, 0.25) is 0 Å². The molecule has 2 aromatic carbocycles. The van der Waals surface area contributed by atoms with Gasteiger partial charge in [-0.1, -0.05) is 18.2 Å². The fraction of sp³-hybridized carbons (Fsp3) is 0.273. The third-order valence-electron chi connectivity index (χ3n) is 4.88. The Morgan fingerprint density at radius 3 is 2.31 bits per heavy atom. The first-order chi connectivity index (χ1) is 14.0. The Balaban J connectivity index is 1.94. The smallest absolute Gasteiger partial charge is 0.326 e. The lowest BCUT2D eigenvalue weighted by molar-refractivity contribution is -0.140. The lowest BCUT2D eigenvalue weighted by atomic mass is 9.95. The number of hydrogen-bond acceptors (Lipinski definition) is 5. The summed E-state index contributed by atoms with van der Waals surface area (Å²) in [6, 6.07) is 9.89. The number of anilines is 1. The maximum absolute atomic E-state index is 13.0. The van der Waals surface area contributed by atoms with E-state index in [2.05, 4.69) is 0 Å². The van der Waals surface area contributed by atoms with Gasteiger partial charge in [0.2, 0.25) is 5.75 Å². The van der Waals surface area contributed by atoms with Crippen LogP contribution in [0.3, 0.4) is 0 Å². The minimum Gasteiger partial charge on any atom is -0.493 e. The van der Waals surface area contributed by atoms with Crippen LogP contribution in [-0.2, 0) is 16.0 Å². The number of nitrogens with zero attached hydrogens (tertiary/aromatic N) is 1. The number of para-hydroxylation sites is 1. The highest BCUT2D eigenvalue weighted by Gasteiger charge is 2.34. The summed E-state index contributed by atoms with van der Waals surface area (Å²) in [4.78, 5) is 26.0. The molecule has 0 saturated heterocycles. The van der Waals surface area contributed by atoms with Crippen molar-refractivity contribution in [3.8, 4) is 17.2 Å². The summed E-state index contributed by atoms with van der Waals surface area (Å²) in [5, 5.41) is 9.60. The first kappa shape index (κ1) is 20.3. The molecule has 29 heavy (non-hydrogen) atoms. The van der Waals surface area contributed by atoms with Gasteiger partial charge in [-0.05, 0) is 48.2 Å². The molecule has 2 aromatic rings. The van der Waals surface area contributed by atoms with Crippen molar-refractivity contribution >= 4 is 23.6 Å². The second kappa shape index (κ2) is 8.68. The van der Waals surface area contributed by atoms with Crippen LogP contribution in [0.15, 0.2) is 42.5 Å². The number of amides is 1. The van der Waals surface area contributed by atoms with Crippen molar-refractivity contribution < 1.29 is 28.9 Å². The number of ether oxygens (including phenoxy) is 3. The van der Waals surface area contributed by atoms with Crippen LogP contribution in [0.1, 0.15) is 17.5 Å². The van der Waals surface area contributed by atoms with Crippen LogP contribution in [0.5, 0.6) is 17.2 Å². The molecule has 0 fully saturated rings. The van der Waals surface area contributed by atoms with E-state index >= 15 is 0 Å². The SMILES string of the molecule is COc1cc(C=CC(=O)N2c3ccccc3CCC2C(=O)O)cc(OC)c1OC. The van der Waals surface area contributed by atoms with Gasteiger partial charge in [-0.15, -0.1) is 0 Å². The summed E-state index contributed by atoms with van der Waals surface area (Å²) in [5.41, 5.74) is 2.25. The average molecular weight is 397 g/mol. The molecular weight excluding hydrogens is 374 g/mol. The third kappa shape index (κ3) is 4.03. The highest BCUT2D eigenvalue weighted by Crippen LogP contribution is 2.38. The number of methoxy groups -OCH3 is 3. The van der Waals surface area contributed by atoms with Crippen molar-refractivity contribution in [1.82, 2.24) is 0 Å². The molecular formula is C22H23NO6. The summed E-state index contributed by atoms with van der Waals surface area (Å²) in [6.45, 7) is 0. The van der Waals surface area contributed by atoms with Gasteiger partial charge in [-0.3, -0.25) is 9.69 Å². The number of rotatable bonds is 6. The quantitative estimate of drug-likeness (QED) is 0.754. The Morgan fingerprint density at radius 2 is 1.72 bits per heavy atom. The van der Waals surface area contributed by atoms with E-state index in [1.807, 2.05) is 12.1 Å². The van der Waals surface area contributed by atoms with E-state index in [1.54, 1.807) is 30.3 Å². The van der Waals surface area contributed by atoms with Crippen LogP contribution in [0.25, 0.3) is 6.08 Å². The molecule has 0 bridgehead atoms. The van der Waals surface area contributed by atoms with Gasteiger partial charge >= 0.3 is 5.97 Å². The summed E-state index contributed by atoms with van der Waals surface area (Å²) in [5.74, 6) is -0.0434. The van der Waals surface area contributed by atoms with Crippen molar-refractivity contribution in [2.24, 2.45) is 0 Å². The Kier molecular flexibility index (Phi) is 6.07. The largest absolute Gasteiger partial charge is 0.493 e.